The maximum absolute atomic E-state index is 12.8. The molecule has 2 aliphatic heterocycles. The quantitative estimate of drug-likeness (QED) is 0.734. The second-order valence-electron chi connectivity index (χ2n) is 5.90. The van der Waals surface area contributed by atoms with Gasteiger partial charge in [0.2, 0.25) is 0 Å². The van der Waals surface area contributed by atoms with Crippen molar-refractivity contribution in [2.45, 2.75) is 19.8 Å². The highest BCUT2D eigenvalue weighted by molar-refractivity contribution is 6.53. The van der Waals surface area contributed by atoms with Gasteiger partial charge in [0.05, 0.1) is 10.7 Å². The van der Waals surface area contributed by atoms with Crippen LogP contribution in [0.25, 0.3) is 0 Å². The fourth-order valence-electron chi connectivity index (χ4n) is 3.03. The van der Waals surface area contributed by atoms with E-state index in [0.717, 1.165) is 17.7 Å². The Labute approximate surface area is 149 Å². The van der Waals surface area contributed by atoms with Crippen molar-refractivity contribution in [1.29, 1.82) is 0 Å². The number of rotatable bonds is 2. The number of benzene rings is 1. The first kappa shape index (κ1) is 16.6. The molecule has 2 aliphatic rings. The average molecular weight is 374 g/mol. The van der Waals surface area contributed by atoms with Gasteiger partial charge in [0.25, 0.3) is 11.8 Å². The number of imide groups is 1. The average Bonchev–Trinajstić information content (AvgIpc) is 2.72. The summed E-state index contributed by atoms with van der Waals surface area (Å²) in [4.78, 5) is 28.2. The maximum Gasteiger partial charge on any atom is 0.283 e. The Bertz CT molecular complexity index is 717. The van der Waals surface area contributed by atoms with Crippen molar-refractivity contribution < 1.29 is 9.59 Å². The topological polar surface area (TPSA) is 40.6 Å². The molecular formula is C16H15Cl3N2O2. The number of amides is 2. The molecule has 1 atom stereocenters. The molecule has 0 aliphatic carbocycles. The minimum absolute atomic E-state index is 0.0554. The van der Waals surface area contributed by atoms with Crippen LogP contribution in [0.5, 0.6) is 0 Å². The summed E-state index contributed by atoms with van der Waals surface area (Å²) in [6, 6.07) is 4.64. The van der Waals surface area contributed by atoms with E-state index in [1.807, 2.05) is 4.90 Å². The Morgan fingerprint density at radius 2 is 1.87 bits per heavy atom. The summed E-state index contributed by atoms with van der Waals surface area (Å²) < 4.78 is 0. The summed E-state index contributed by atoms with van der Waals surface area (Å²) in [7, 11) is 0. The first-order chi connectivity index (χ1) is 10.9. The predicted molar refractivity (Wildman–Crippen MR) is 91.8 cm³/mol. The Hall–Kier alpha value is -1.23. The minimum atomic E-state index is -0.561. The highest BCUT2D eigenvalue weighted by atomic mass is 35.5. The minimum Gasteiger partial charge on any atom is -0.365 e. The van der Waals surface area contributed by atoms with E-state index in [9.17, 15) is 9.59 Å². The van der Waals surface area contributed by atoms with Crippen LogP contribution in [0.15, 0.2) is 28.9 Å². The molecule has 1 aromatic carbocycles. The Balaban J connectivity index is 1.97. The van der Waals surface area contributed by atoms with E-state index in [2.05, 4.69) is 6.92 Å². The second kappa shape index (κ2) is 6.34. The molecule has 23 heavy (non-hydrogen) atoms. The summed E-state index contributed by atoms with van der Waals surface area (Å²) in [5.41, 5.74) is 0.520. The molecule has 1 saturated heterocycles. The number of nitrogens with zero attached hydrogens (tertiary/aromatic N) is 2. The van der Waals surface area contributed by atoms with Crippen molar-refractivity contribution >= 4 is 52.3 Å². The van der Waals surface area contributed by atoms with Crippen LogP contribution >= 0.6 is 34.8 Å². The zero-order chi connectivity index (χ0) is 16.7. The van der Waals surface area contributed by atoms with Gasteiger partial charge in [-0.15, -0.1) is 0 Å². The van der Waals surface area contributed by atoms with Crippen LogP contribution in [-0.2, 0) is 9.59 Å². The van der Waals surface area contributed by atoms with Crippen LogP contribution in [-0.4, -0.2) is 29.8 Å². The van der Waals surface area contributed by atoms with E-state index in [4.69, 9.17) is 34.8 Å². The van der Waals surface area contributed by atoms with Gasteiger partial charge in [0, 0.05) is 18.1 Å². The Morgan fingerprint density at radius 1 is 1.13 bits per heavy atom. The predicted octanol–water partition coefficient (Wildman–Crippen LogP) is 4.05. The number of piperidine rings is 1. The standard InChI is InChI=1S/C16H15Cl3N2O2/c1-9-3-2-6-20(8-9)14-13(19)15(22)21(16(14)23)12-7-10(17)4-5-11(12)18/h4-5,7,9H,2-3,6,8H2,1H3/t9-/m1/s1. The van der Waals surface area contributed by atoms with E-state index in [1.165, 1.54) is 6.07 Å². The summed E-state index contributed by atoms with van der Waals surface area (Å²) >= 11 is 18.3. The Morgan fingerprint density at radius 3 is 2.57 bits per heavy atom. The fraction of sp³-hybridized carbons (Fsp3) is 0.375. The first-order valence-electron chi connectivity index (χ1n) is 7.38. The smallest absolute Gasteiger partial charge is 0.283 e. The SMILES string of the molecule is C[C@@H]1CCCN(C2=C(Cl)C(=O)N(c3cc(Cl)ccc3Cl)C2=O)C1. The molecule has 0 saturated carbocycles. The molecule has 1 fully saturated rings. The monoisotopic (exact) mass is 372 g/mol. The molecule has 0 N–H and O–H groups in total. The summed E-state index contributed by atoms with van der Waals surface area (Å²) in [5.74, 6) is -0.556. The largest absolute Gasteiger partial charge is 0.365 e. The van der Waals surface area contributed by atoms with Crippen LogP contribution in [0.3, 0.4) is 0 Å². The summed E-state index contributed by atoms with van der Waals surface area (Å²) in [5, 5.41) is 0.607. The normalized spacial score (nSPS) is 22.3. The molecule has 0 aromatic heterocycles. The van der Waals surface area contributed by atoms with Crippen molar-refractivity contribution in [2.24, 2.45) is 5.92 Å². The third kappa shape index (κ3) is 2.95. The third-order valence-corrected chi connectivity index (χ3v) is 5.02. The van der Waals surface area contributed by atoms with Crippen molar-refractivity contribution in [3.63, 3.8) is 0 Å². The van der Waals surface area contributed by atoms with Gasteiger partial charge in [-0.3, -0.25) is 9.59 Å². The van der Waals surface area contributed by atoms with Crippen LogP contribution in [0, 0.1) is 5.92 Å². The molecule has 7 heteroatoms. The van der Waals surface area contributed by atoms with E-state index in [1.54, 1.807) is 12.1 Å². The fourth-order valence-corrected chi connectivity index (χ4v) is 3.69. The van der Waals surface area contributed by atoms with Crippen LogP contribution in [0.2, 0.25) is 10.0 Å². The van der Waals surface area contributed by atoms with Gasteiger partial charge in [0.15, 0.2) is 0 Å². The number of carbonyl (C=O) groups is 2. The summed E-state index contributed by atoms with van der Waals surface area (Å²) in [6.45, 7) is 3.54. The van der Waals surface area contributed by atoms with E-state index in [0.29, 0.717) is 24.0 Å². The molecule has 0 spiro atoms. The molecule has 4 nitrogen and oxygen atoms in total. The molecule has 0 unspecified atom stereocenters. The lowest BCUT2D eigenvalue weighted by Crippen LogP contribution is -2.39. The number of halogens is 3. The van der Waals surface area contributed by atoms with Crippen molar-refractivity contribution in [2.75, 3.05) is 18.0 Å². The summed E-state index contributed by atoms with van der Waals surface area (Å²) in [6.07, 6.45) is 2.07. The van der Waals surface area contributed by atoms with Gasteiger partial charge in [-0.05, 0) is 37.0 Å². The van der Waals surface area contributed by atoms with Crippen molar-refractivity contribution in [1.82, 2.24) is 4.90 Å². The Kier molecular flexibility index (Phi) is 4.59. The zero-order valence-corrected chi connectivity index (χ0v) is 14.8. The van der Waals surface area contributed by atoms with Crippen molar-refractivity contribution in [3.8, 4) is 0 Å². The number of hydrogen-bond donors (Lipinski definition) is 0. The van der Waals surface area contributed by atoms with Gasteiger partial charge in [-0.25, -0.2) is 4.90 Å². The van der Waals surface area contributed by atoms with Gasteiger partial charge in [-0.2, -0.15) is 0 Å². The molecule has 0 bridgehead atoms. The molecular weight excluding hydrogens is 359 g/mol. The molecule has 2 heterocycles. The molecule has 1 aromatic rings. The van der Waals surface area contributed by atoms with E-state index < -0.39 is 11.8 Å². The van der Waals surface area contributed by atoms with E-state index in [-0.39, 0.29) is 21.4 Å². The van der Waals surface area contributed by atoms with Crippen LogP contribution < -0.4 is 4.90 Å². The number of likely N-dealkylation sites (tertiary alicyclic amines) is 1. The lowest BCUT2D eigenvalue weighted by Gasteiger charge is -2.33. The highest BCUT2D eigenvalue weighted by Crippen LogP contribution is 2.37. The first-order valence-corrected chi connectivity index (χ1v) is 8.52. The van der Waals surface area contributed by atoms with Crippen LogP contribution in [0.4, 0.5) is 5.69 Å². The van der Waals surface area contributed by atoms with Gasteiger partial charge in [-0.1, -0.05) is 41.7 Å². The zero-order valence-electron chi connectivity index (χ0n) is 12.5. The number of hydrogen-bond acceptors (Lipinski definition) is 3. The molecule has 122 valence electrons. The molecule has 0 radical (unpaired) electrons. The van der Waals surface area contributed by atoms with Crippen molar-refractivity contribution in [3.05, 3.63) is 39.0 Å². The highest BCUT2D eigenvalue weighted by Gasteiger charge is 2.42. The van der Waals surface area contributed by atoms with Gasteiger partial charge < -0.3 is 4.90 Å². The number of anilines is 1. The number of carbonyl (C=O) groups excluding carboxylic acids is 2. The second-order valence-corrected chi connectivity index (χ2v) is 7.12. The third-order valence-electron chi connectivity index (χ3n) is 4.13. The van der Waals surface area contributed by atoms with Crippen LogP contribution in [0.1, 0.15) is 19.8 Å². The van der Waals surface area contributed by atoms with E-state index >= 15 is 0 Å². The van der Waals surface area contributed by atoms with Gasteiger partial charge >= 0.3 is 0 Å². The maximum atomic E-state index is 12.8. The lowest BCUT2D eigenvalue weighted by molar-refractivity contribution is -0.121. The molecule has 2 amide bonds. The molecule has 3 rings (SSSR count). The van der Waals surface area contributed by atoms with Gasteiger partial charge in [0.1, 0.15) is 10.7 Å². The lowest BCUT2D eigenvalue weighted by atomic mass is 10.00.